The number of ether oxygens (including phenoxy) is 2. The minimum atomic E-state index is 0.149. The van der Waals surface area contributed by atoms with Crippen LogP contribution in [-0.2, 0) is 15.9 Å². The van der Waals surface area contributed by atoms with Crippen LogP contribution in [0.1, 0.15) is 24.0 Å². The Balaban J connectivity index is 1.35. The molecule has 2 saturated heterocycles. The zero-order chi connectivity index (χ0) is 18.6. The van der Waals surface area contributed by atoms with Crippen molar-refractivity contribution in [2.24, 2.45) is 4.99 Å². The Morgan fingerprint density at radius 1 is 1.30 bits per heavy atom. The number of fused-ring (bicyclic) bond motifs is 1. The van der Waals surface area contributed by atoms with Crippen molar-refractivity contribution in [1.29, 1.82) is 0 Å². The van der Waals surface area contributed by atoms with Crippen molar-refractivity contribution in [3.05, 3.63) is 35.5 Å². The van der Waals surface area contributed by atoms with Gasteiger partial charge in [-0.25, -0.2) is 0 Å². The Labute approximate surface area is 160 Å². The number of rotatable bonds is 4. The molecule has 2 fully saturated rings. The van der Waals surface area contributed by atoms with Gasteiger partial charge in [0.05, 0.1) is 12.7 Å². The molecular weight excluding hydrogens is 340 g/mol. The number of aromatic amines is 1. The zero-order valence-electron chi connectivity index (χ0n) is 16.3. The molecule has 27 heavy (non-hydrogen) atoms. The van der Waals surface area contributed by atoms with Crippen LogP contribution >= 0.6 is 0 Å². The average Bonchev–Trinajstić information content (AvgIpc) is 3.36. The summed E-state index contributed by atoms with van der Waals surface area (Å²) in [4.78, 5) is 10.2. The third-order valence-corrected chi connectivity index (χ3v) is 5.66. The van der Waals surface area contributed by atoms with Crippen LogP contribution in [0.2, 0.25) is 0 Å². The Morgan fingerprint density at radius 2 is 2.19 bits per heavy atom. The number of aromatic nitrogens is 1. The van der Waals surface area contributed by atoms with Gasteiger partial charge in [-0.05, 0) is 43.4 Å². The van der Waals surface area contributed by atoms with Gasteiger partial charge in [-0.15, -0.1) is 0 Å². The third-order valence-electron chi connectivity index (χ3n) is 5.66. The Morgan fingerprint density at radius 3 is 3.00 bits per heavy atom. The van der Waals surface area contributed by atoms with E-state index in [4.69, 9.17) is 9.47 Å². The number of nitrogens with zero attached hydrogens (tertiary/aromatic N) is 2. The lowest BCUT2D eigenvalue weighted by Gasteiger charge is -2.37. The highest BCUT2D eigenvalue weighted by Crippen LogP contribution is 2.23. The number of hydrogen-bond donors (Lipinski definition) is 2. The number of guanidine groups is 1. The molecule has 1 aromatic carbocycles. The van der Waals surface area contributed by atoms with Crippen molar-refractivity contribution >= 4 is 16.9 Å². The molecule has 0 spiro atoms. The van der Waals surface area contributed by atoms with Gasteiger partial charge in [0.1, 0.15) is 6.10 Å². The highest BCUT2D eigenvalue weighted by molar-refractivity contribution is 5.86. The average molecular weight is 370 g/mol. The molecule has 0 saturated carbocycles. The summed E-state index contributed by atoms with van der Waals surface area (Å²) in [5.41, 5.74) is 3.88. The summed E-state index contributed by atoms with van der Waals surface area (Å²) in [5, 5.41) is 4.88. The largest absolute Gasteiger partial charge is 0.375 e. The first-order valence-corrected chi connectivity index (χ1v) is 10.0. The van der Waals surface area contributed by atoms with Crippen LogP contribution in [0.25, 0.3) is 10.9 Å². The summed E-state index contributed by atoms with van der Waals surface area (Å²) in [6.45, 7) is 6.33. The minimum Gasteiger partial charge on any atom is -0.375 e. The maximum Gasteiger partial charge on any atom is 0.193 e. The van der Waals surface area contributed by atoms with Gasteiger partial charge in [0.15, 0.2) is 5.96 Å². The van der Waals surface area contributed by atoms with E-state index in [0.29, 0.717) is 0 Å². The first-order valence-electron chi connectivity index (χ1n) is 10.0. The summed E-state index contributed by atoms with van der Waals surface area (Å²) in [6.07, 6.45) is 5.72. The van der Waals surface area contributed by atoms with Crippen LogP contribution in [-0.4, -0.2) is 67.9 Å². The summed E-state index contributed by atoms with van der Waals surface area (Å²) in [7, 11) is 1.86. The highest BCUT2D eigenvalue weighted by atomic mass is 16.5. The van der Waals surface area contributed by atoms with Gasteiger partial charge in [0, 0.05) is 50.4 Å². The number of H-pyrrole nitrogens is 1. The fourth-order valence-corrected chi connectivity index (χ4v) is 4.28. The van der Waals surface area contributed by atoms with Crippen molar-refractivity contribution in [3.8, 4) is 0 Å². The second-order valence-corrected chi connectivity index (χ2v) is 7.44. The molecule has 2 aliphatic rings. The number of nitrogens with one attached hydrogen (secondary N) is 2. The Bertz CT molecular complexity index is 795. The number of morpholine rings is 1. The molecule has 146 valence electrons. The van der Waals surface area contributed by atoms with Crippen LogP contribution in [0, 0.1) is 6.92 Å². The molecular formula is C21H30N4O2. The fraction of sp³-hybridized carbons (Fsp3) is 0.571. The van der Waals surface area contributed by atoms with E-state index < -0.39 is 0 Å². The topological polar surface area (TPSA) is 61.9 Å². The molecule has 2 aliphatic heterocycles. The second kappa shape index (κ2) is 8.31. The lowest BCUT2D eigenvalue weighted by molar-refractivity contribution is -0.0816. The van der Waals surface area contributed by atoms with E-state index in [1.165, 1.54) is 22.0 Å². The highest BCUT2D eigenvalue weighted by Gasteiger charge is 2.32. The standard InChI is InChI=1S/C21H30N4O2/c1-15-5-3-6-17-20(15)16(13-24-17)8-9-23-21(22-2)25-10-12-27-19(14-25)18-7-4-11-26-18/h3,5-6,13,18-19,24H,4,7-12,14H2,1-2H3,(H,22,23). The lowest BCUT2D eigenvalue weighted by atomic mass is 10.1. The molecule has 3 heterocycles. The van der Waals surface area contributed by atoms with Crippen LogP contribution < -0.4 is 5.32 Å². The zero-order valence-corrected chi connectivity index (χ0v) is 16.3. The molecule has 2 N–H and O–H groups in total. The number of aryl methyl sites for hydroxylation is 1. The lowest BCUT2D eigenvalue weighted by Crippen LogP contribution is -2.53. The summed E-state index contributed by atoms with van der Waals surface area (Å²) >= 11 is 0. The van der Waals surface area contributed by atoms with E-state index in [-0.39, 0.29) is 12.2 Å². The first kappa shape index (κ1) is 18.3. The summed E-state index contributed by atoms with van der Waals surface area (Å²) in [5.74, 6) is 0.956. The van der Waals surface area contributed by atoms with Crippen molar-refractivity contribution in [2.45, 2.75) is 38.4 Å². The molecule has 2 aromatic rings. The van der Waals surface area contributed by atoms with E-state index in [2.05, 4.69) is 51.5 Å². The van der Waals surface area contributed by atoms with E-state index in [9.17, 15) is 0 Å². The molecule has 4 rings (SSSR count). The molecule has 0 amide bonds. The normalized spacial score (nSPS) is 23.9. The molecule has 6 nitrogen and oxygen atoms in total. The molecule has 0 bridgehead atoms. The number of benzene rings is 1. The van der Waals surface area contributed by atoms with Gasteiger partial charge in [-0.2, -0.15) is 0 Å². The van der Waals surface area contributed by atoms with Crippen molar-refractivity contribution in [2.75, 3.05) is 39.9 Å². The molecule has 0 aliphatic carbocycles. The van der Waals surface area contributed by atoms with Crippen molar-refractivity contribution < 1.29 is 9.47 Å². The second-order valence-electron chi connectivity index (χ2n) is 7.44. The Kier molecular flexibility index (Phi) is 5.64. The monoisotopic (exact) mass is 370 g/mol. The van der Waals surface area contributed by atoms with Gasteiger partial charge < -0.3 is 24.7 Å². The van der Waals surface area contributed by atoms with E-state index in [1.54, 1.807) is 0 Å². The first-order chi connectivity index (χ1) is 13.3. The van der Waals surface area contributed by atoms with Gasteiger partial charge in [-0.1, -0.05) is 12.1 Å². The third kappa shape index (κ3) is 3.96. The molecule has 2 unspecified atom stereocenters. The van der Waals surface area contributed by atoms with Crippen molar-refractivity contribution in [1.82, 2.24) is 15.2 Å². The van der Waals surface area contributed by atoms with E-state index in [1.807, 2.05) is 7.05 Å². The molecule has 0 radical (unpaired) electrons. The van der Waals surface area contributed by atoms with Crippen molar-refractivity contribution in [3.63, 3.8) is 0 Å². The van der Waals surface area contributed by atoms with Gasteiger partial charge in [0.25, 0.3) is 0 Å². The predicted molar refractivity (Wildman–Crippen MR) is 108 cm³/mol. The smallest absolute Gasteiger partial charge is 0.193 e. The summed E-state index contributed by atoms with van der Waals surface area (Å²) in [6, 6.07) is 6.41. The maximum atomic E-state index is 5.96. The molecule has 6 heteroatoms. The van der Waals surface area contributed by atoms with Crippen LogP contribution in [0.4, 0.5) is 0 Å². The van der Waals surface area contributed by atoms with Gasteiger partial charge in [0.2, 0.25) is 0 Å². The molecule has 1 aromatic heterocycles. The van der Waals surface area contributed by atoms with Gasteiger partial charge in [-0.3, -0.25) is 4.99 Å². The summed E-state index contributed by atoms with van der Waals surface area (Å²) < 4.78 is 11.8. The SMILES string of the molecule is CN=C(NCCc1c[nH]c2cccc(C)c12)N1CCOC(C2CCCO2)C1. The molecule has 2 atom stereocenters. The van der Waals surface area contributed by atoms with Gasteiger partial charge >= 0.3 is 0 Å². The Hall–Kier alpha value is -2.05. The fourth-order valence-electron chi connectivity index (χ4n) is 4.28. The van der Waals surface area contributed by atoms with E-state index >= 15 is 0 Å². The minimum absolute atomic E-state index is 0.149. The predicted octanol–water partition coefficient (Wildman–Crippen LogP) is 2.47. The quantitative estimate of drug-likeness (QED) is 0.641. The number of hydrogen-bond acceptors (Lipinski definition) is 3. The maximum absolute atomic E-state index is 5.96. The van der Waals surface area contributed by atoms with Crippen LogP contribution in [0.5, 0.6) is 0 Å². The van der Waals surface area contributed by atoms with E-state index in [0.717, 1.165) is 58.1 Å². The number of aliphatic imine (C=N–C) groups is 1. The van der Waals surface area contributed by atoms with Crippen LogP contribution in [0.15, 0.2) is 29.4 Å². The van der Waals surface area contributed by atoms with Crippen LogP contribution in [0.3, 0.4) is 0 Å².